The first-order valence-corrected chi connectivity index (χ1v) is 9.43. The molecule has 1 aromatic heterocycles. The molecular weight excluding hydrogens is 338 g/mol. The van der Waals surface area contributed by atoms with Crippen molar-refractivity contribution in [2.45, 2.75) is 29.8 Å². The zero-order chi connectivity index (χ0) is 15.4. The second-order valence-corrected chi connectivity index (χ2v) is 8.14. The number of sulfonamides is 1. The highest BCUT2D eigenvalue weighted by molar-refractivity contribution is 7.90. The van der Waals surface area contributed by atoms with Crippen LogP contribution < -0.4 is 10.0 Å². The minimum atomic E-state index is -3.68. The molecule has 1 heterocycles. The minimum absolute atomic E-state index is 0. The van der Waals surface area contributed by atoms with Crippen molar-refractivity contribution < 1.29 is 16.8 Å². The van der Waals surface area contributed by atoms with Gasteiger partial charge in [-0.2, -0.15) is 0 Å². The SMILES string of the molecule is CCN[C@H](C)CNS(=O)(=O)c1ccc(S(C)(=O)=O)nc1.Cl. The second kappa shape index (κ2) is 8.04. The molecule has 0 aliphatic heterocycles. The molecule has 122 valence electrons. The summed E-state index contributed by atoms with van der Waals surface area (Å²) in [6.07, 6.45) is 2.05. The van der Waals surface area contributed by atoms with Crippen LogP contribution in [0.4, 0.5) is 0 Å². The third-order valence-corrected chi connectivity index (χ3v) is 4.94. The molecule has 0 saturated carbocycles. The van der Waals surface area contributed by atoms with Crippen LogP contribution in [-0.2, 0) is 19.9 Å². The molecule has 0 fully saturated rings. The summed E-state index contributed by atoms with van der Waals surface area (Å²) < 4.78 is 48.9. The van der Waals surface area contributed by atoms with E-state index in [2.05, 4.69) is 15.0 Å². The van der Waals surface area contributed by atoms with Crippen LogP contribution in [0.2, 0.25) is 0 Å². The highest BCUT2D eigenvalue weighted by Crippen LogP contribution is 2.10. The Kier molecular flexibility index (Phi) is 7.76. The van der Waals surface area contributed by atoms with Crippen LogP contribution in [0, 0.1) is 0 Å². The monoisotopic (exact) mass is 357 g/mol. The van der Waals surface area contributed by atoms with Crippen molar-refractivity contribution in [2.75, 3.05) is 19.3 Å². The Morgan fingerprint density at radius 2 is 1.86 bits per heavy atom. The van der Waals surface area contributed by atoms with Gasteiger partial charge in [0, 0.05) is 25.0 Å². The summed E-state index contributed by atoms with van der Waals surface area (Å²) in [6.45, 7) is 4.77. The number of rotatable bonds is 7. The Bertz CT molecular complexity index is 645. The summed E-state index contributed by atoms with van der Waals surface area (Å²) in [5.41, 5.74) is 0. The molecule has 21 heavy (non-hydrogen) atoms. The zero-order valence-corrected chi connectivity index (χ0v) is 14.5. The molecule has 0 aromatic carbocycles. The lowest BCUT2D eigenvalue weighted by Crippen LogP contribution is -2.38. The van der Waals surface area contributed by atoms with Crippen molar-refractivity contribution in [3.05, 3.63) is 18.3 Å². The Labute approximate surface area is 131 Å². The van der Waals surface area contributed by atoms with E-state index in [1.54, 1.807) is 0 Å². The molecule has 1 aromatic rings. The first-order valence-electron chi connectivity index (χ1n) is 6.06. The highest BCUT2D eigenvalue weighted by Gasteiger charge is 2.17. The van der Waals surface area contributed by atoms with Gasteiger partial charge in [0.25, 0.3) is 0 Å². The zero-order valence-electron chi connectivity index (χ0n) is 12.0. The van der Waals surface area contributed by atoms with Crippen molar-refractivity contribution in [1.29, 1.82) is 0 Å². The Morgan fingerprint density at radius 1 is 1.24 bits per heavy atom. The molecular formula is C11H20ClN3O4S2. The van der Waals surface area contributed by atoms with Gasteiger partial charge in [-0.3, -0.25) is 0 Å². The topological polar surface area (TPSA) is 105 Å². The lowest BCUT2D eigenvalue weighted by molar-refractivity contribution is 0.535. The summed E-state index contributed by atoms with van der Waals surface area (Å²) in [6, 6.07) is 2.40. The summed E-state index contributed by atoms with van der Waals surface area (Å²) in [5.74, 6) is 0. The lowest BCUT2D eigenvalue weighted by atomic mass is 10.3. The molecule has 0 spiro atoms. The predicted octanol–water partition coefficient (Wildman–Crippen LogP) is 0.183. The van der Waals surface area contributed by atoms with Crippen molar-refractivity contribution >= 4 is 32.3 Å². The van der Waals surface area contributed by atoms with E-state index in [9.17, 15) is 16.8 Å². The number of hydrogen-bond acceptors (Lipinski definition) is 6. The van der Waals surface area contributed by atoms with E-state index in [-0.39, 0.29) is 34.9 Å². The normalized spacial score (nSPS) is 13.5. The van der Waals surface area contributed by atoms with Crippen LogP contribution >= 0.6 is 12.4 Å². The second-order valence-electron chi connectivity index (χ2n) is 4.41. The largest absolute Gasteiger partial charge is 0.313 e. The van der Waals surface area contributed by atoms with Gasteiger partial charge in [-0.05, 0) is 25.6 Å². The number of sulfone groups is 1. The number of nitrogens with zero attached hydrogens (tertiary/aromatic N) is 1. The van der Waals surface area contributed by atoms with Crippen molar-refractivity contribution in [3.63, 3.8) is 0 Å². The summed E-state index contributed by atoms with van der Waals surface area (Å²) in [5, 5.41) is 2.92. The number of halogens is 1. The molecule has 0 unspecified atom stereocenters. The molecule has 1 rings (SSSR count). The van der Waals surface area contributed by atoms with Gasteiger partial charge < -0.3 is 5.32 Å². The van der Waals surface area contributed by atoms with E-state index in [1.807, 2.05) is 13.8 Å². The van der Waals surface area contributed by atoms with Crippen LogP contribution in [0.25, 0.3) is 0 Å². The maximum Gasteiger partial charge on any atom is 0.242 e. The van der Waals surface area contributed by atoms with E-state index >= 15 is 0 Å². The predicted molar refractivity (Wildman–Crippen MR) is 82.9 cm³/mol. The number of likely N-dealkylation sites (N-methyl/N-ethyl adjacent to an activating group) is 1. The van der Waals surface area contributed by atoms with Gasteiger partial charge in [-0.1, -0.05) is 6.92 Å². The summed E-state index contributed by atoms with van der Waals surface area (Å²) >= 11 is 0. The van der Waals surface area contributed by atoms with Crippen LogP contribution in [-0.4, -0.2) is 47.2 Å². The summed E-state index contributed by atoms with van der Waals surface area (Å²) in [4.78, 5) is 3.60. The van der Waals surface area contributed by atoms with Gasteiger partial charge in [0.2, 0.25) is 10.0 Å². The van der Waals surface area contributed by atoms with Crippen LogP contribution in [0.15, 0.2) is 28.3 Å². The van der Waals surface area contributed by atoms with E-state index in [4.69, 9.17) is 0 Å². The fourth-order valence-corrected chi connectivity index (χ4v) is 3.12. The maximum absolute atomic E-state index is 12.0. The van der Waals surface area contributed by atoms with Gasteiger partial charge in [-0.25, -0.2) is 26.5 Å². The minimum Gasteiger partial charge on any atom is -0.313 e. The number of aromatic nitrogens is 1. The third-order valence-electron chi connectivity index (χ3n) is 2.53. The fraction of sp³-hybridized carbons (Fsp3) is 0.545. The average molecular weight is 358 g/mol. The average Bonchev–Trinajstić information content (AvgIpc) is 2.36. The molecule has 1 atom stereocenters. The Balaban J connectivity index is 0.00000400. The lowest BCUT2D eigenvalue weighted by Gasteiger charge is -2.13. The molecule has 7 nitrogen and oxygen atoms in total. The maximum atomic E-state index is 12.0. The van der Waals surface area contributed by atoms with Crippen LogP contribution in [0.5, 0.6) is 0 Å². The Hall–Kier alpha value is -0.740. The number of nitrogens with one attached hydrogen (secondary N) is 2. The molecule has 2 N–H and O–H groups in total. The molecule has 0 aliphatic rings. The number of pyridine rings is 1. The van der Waals surface area contributed by atoms with Crippen molar-refractivity contribution in [2.24, 2.45) is 0 Å². The number of hydrogen-bond donors (Lipinski definition) is 2. The smallest absolute Gasteiger partial charge is 0.242 e. The van der Waals surface area contributed by atoms with Gasteiger partial charge in [-0.15, -0.1) is 12.4 Å². The Morgan fingerprint density at radius 3 is 2.29 bits per heavy atom. The van der Waals surface area contributed by atoms with E-state index < -0.39 is 19.9 Å². The fourth-order valence-electron chi connectivity index (χ4n) is 1.48. The van der Waals surface area contributed by atoms with Crippen LogP contribution in [0.3, 0.4) is 0 Å². The first kappa shape index (κ1) is 20.3. The molecule has 0 aliphatic carbocycles. The summed E-state index contributed by atoms with van der Waals surface area (Å²) in [7, 11) is -7.12. The molecule has 0 radical (unpaired) electrons. The van der Waals surface area contributed by atoms with E-state index in [0.717, 1.165) is 19.0 Å². The van der Waals surface area contributed by atoms with E-state index in [1.165, 1.54) is 12.1 Å². The van der Waals surface area contributed by atoms with Crippen molar-refractivity contribution in [1.82, 2.24) is 15.0 Å². The van der Waals surface area contributed by atoms with E-state index in [0.29, 0.717) is 0 Å². The molecule has 10 heteroatoms. The van der Waals surface area contributed by atoms with Crippen molar-refractivity contribution in [3.8, 4) is 0 Å². The standard InChI is InChI=1S/C11H19N3O4S2.ClH/c1-4-12-9(2)7-14-20(17,18)10-5-6-11(13-8-10)19(3,15)16;/h5-6,8-9,12,14H,4,7H2,1-3H3;1H/t9-;/m1./s1. The van der Waals surface area contributed by atoms with Gasteiger partial charge >= 0.3 is 0 Å². The van der Waals surface area contributed by atoms with Gasteiger partial charge in [0.05, 0.1) is 0 Å². The quantitative estimate of drug-likeness (QED) is 0.721. The molecule has 0 bridgehead atoms. The molecule has 0 amide bonds. The van der Waals surface area contributed by atoms with Gasteiger partial charge in [0.15, 0.2) is 14.9 Å². The first-order chi connectivity index (χ1) is 9.16. The third kappa shape index (κ3) is 6.27. The van der Waals surface area contributed by atoms with Crippen LogP contribution in [0.1, 0.15) is 13.8 Å². The van der Waals surface area contributed by atoms with Gasteiger partial charge in [0.1, 0.15) is 4.90 Å². The molecule has 0 saturated heterocycles. The highest BCUT2D eigenvalue weighted by atomic mass is 35.5.